The zero-order valence-electron chi connectivity index (χ0n) is 31.6. The average Bonchev–Trinajstić information content (AvgIpc) is 4.00. The molecule has 59 heavy (non-hydrogen) atoms. The highest BCUT2D eigenvalue weighted by Crippen LogP contribution is 2.42. The van der Waals surface area contributed by atoms with Crippen LogP contribution >= 0.6 is 0 Å². The van der Waals surface area contributed by atoms with Crippen LogP contribution in [0.2, 0.25) is 0 Å². The number of rotatable bonds is 6. The van der Waals surface area contributed by atoms with Gasteiger partial charge in [0.25, 0.3) is 0 Å². The summed E-state index contributed by atoms with van der Waals surface area (Å²) in [5, 5.41) is 4.79. The molecule has 0 saturated heterocycles. The number of para-hydroxylation sites is 3. The van der Waals surface area contributed by atoms with Crippen LogP contribution in [0.25, 0.3) is 112 Å². The van der Waals surface area contributed by atoms with Gasteiger partial charge in [0.2, 0.25) is 5.89 Å². The molecule has 0 aliphatic rings. The lowest BCUT2D eigenvalue weighted by molar-refractivity contribution is 0.620. The van der Waals surface area contributed by atoms with E-state index in [4.69, 9.17) is 24.4 Å². The second kappa shape index (κ2) is 13.2. The fourth-order valence-electron chi connectivity index (χ4n) is 8.52. The van der Waals surface area contributed by atoms with Crippen LogP contribution in [-0.4, -0.2) is 29.1 Å². The predicted molar refractivity (Wildman–Crippen MR) is 238 cm³/mol. The number of benzene rings is 8. The van der Waals surface area contributed by atoms with Crippen molar-refractivity contribution >= 4 is 54.7 Å². The third-order valence-corrected chi connectivity index (χ3v) is 11.2. The highest BCUT2D eigenvalue weighted by molar-refractivity contribution is 6.23. The Bertz CT molecular complexity index is 3550. The normalized spacial score (nSPS) is 11.7. The zero-order chi connectivity index (χ0) is 38.9. The zero-order valence-corrected chi connectivity index (χ0v) is 31.6. The van der Waals surface area contributed by atoms with Crippen LogP contribution in [-0.2, 0) is 0 Å². The Hall–Kier alpha value is -8.16. The van der Waals surface area contributed by atoms with E-state index >= 15 is 0 Å². The van der Waals surface area contributed by atoms with Gasteiger partial charge < -0.3 is 13.6 Å². The molecule has 0 aliphatic heterocycles. The summed E-state index contributed by atoms with van der Waals surface area (Å²) in [5.74, 6) is 2.29. The van der Waals surface area contributed by atoms with Crippen LogP contribution in [0.1, 0.15) is 0 Å². The quantitative estimate of drug-likeness (QED) is 0.169. The standard InChI is InChI=1S/C52H32N6O/c1-4-15-33(16-5-1)49-54-50(56-51(55-49)36-27-30-46-43(32-36)53-52(59-46)34-17-6-2-7-18-34)35-19-14-22-38(31-35)58-45-26-13-11-24-40(45)42-29-28-41-39-23-10-12-25-44(39)57(47(41)48(42)58)37-20-8-3-9-21-37/h1-32H. The maximum atomic E-state index is 6.15. The maximum Gasteiger partial charge on any atom is 0.227 e. The molecule has 0 radical (unpaired) electrons. The molecule has 0 spiro atoms. The Balaban J connectivity index is 1.08. The topological polar surface area (TPSA) is 74.6 Å². The molecule has 0 fully saturated rings. The van der Waals surface area contributed by atoms with Crippen molar-refractivity contribution in [2.75, 3.05) is 0 Å². The summed E-state index contributed by atoms with van der Waals surface area (Å²) in [5.41, 5.74) is 11.6. The molecule has 7 nitrogen and oxygen atoms in total. The minimum Gasteiger partial charge on any atom is -0.436 e. The fourth-order valence-corrected chi connectivity index (χ4v) is 8.52. The molecule has 4 heterocycles. The van der Waals surface area contributed by atoms with E-state index in [9.17, 15) is 0 Å². The third-order valence-electron chi connectivity index (χ3n) is 11.2. The first-order chi connectivity index (χ1) is 29.2. The van der Waals surface area contributed by atoms with Gasteiger partial charge in [0.15, 0.2) is 23.1 Å². The van der Waals surface area contributed by atoms with E-state index < -0.39 is 0 Å². The molecule has 0 atom stereocenters. The van der Waals surface area contributed by atoms with Crippen molar-refractivity contribution in [2.45, 2.75) is 0 Å². The molecule has 0 N–H and O–H groups in total. The first kappa shape index (κ1) is 33.0. The SMILES string of the molecule is c1ccc(-c2nc(-c3cccc(-n4c5ccccc5c5ccc6c7ccccc7n(-c7ccccc7)c6c54)c3)nc(-c3ccc4oc(-c5ccccc5)nc4c3)n2)cc1. The summed E-state index contributed by atoms with van der Waals surface area (Å²) in [6, 6.07) is 67.0. The Kier molecular flexibility index (Phi) is 7.40. The number of fused-ring (bicyclic) bond motifs is 8. The Morgan fingerprint density at radius 1 is 0.339 bits per heavy atom. The lowest BCUT2D eigenvalue weighted by Gasteiger charge is -2.14. The summed E-state index contributed by atoms with van der Waals surface area (Å²) in [6.07, 6.45) is 0. The predicted octanol–water partition coefficient (Wildman–Crippen LogP) is 12.9. The van der Waals surface area contributed by atoms with Crippen LogP contribution in [0, 0.1) is 0 Å². The van der Waals surface area contributed by atoms with Gasteiger partial charge in [0.1, 0.15) is 5.52 Å². The first-order valence-electron chi connectivity index (χ1n) is 19.6. The number of hydrogen-bond donors (Lipinski definition) is 0. The maximum absolute atomic E-state index is 6.15. The van der Waals surface area contributed by atoms with E-state index in [1.54, 1.807) is 0 Å². The summed E-state index contributed by atoms with van der Waals surface area (Å²) in [7, 11) is 0. The van der Waals surface area contributed by atoms with E-state index in [2.05, 4.69) is 124 Å². The van der Waals surface area contributed by atoms with E-state index in [-0.39, 0.29) is 0 Å². The fraction of sp³-hybridized carbons (Fsp3) is 0. The smallest absolute Gasteiger partial charge is 0.227 e. The lowest BCUT2D eigenvalue weighted by atomic mass is 10.1. The van der Waals surface area contributed by atoms with Crippen LogP contribution in [0.5, 0.6) is 0 Å². The van der Waals surface area contributed by atoms with Gasteiger partial charge in [-0.15, -0.1) is 0 Å². The summed E-state index contributed by atoms with van der Waals surface area (Å²) >= 11 is 0. The number of hydrogen-bond acceptors (Lipinski definition) is 5. The molecule has 8 aromatic carbocycles. The molecule has 0 unspecified atom stereocenters. The Morgan fingerprint density at radius 3 is 1.47 bits per heavy atom. The van der Waals surface area contributed by atoms with Crippen molar-refractivity contribution in [1.29, 1.82) is 0 Å². The van der Waals surface area contributed by atoms with Crippen molar-refractivity contribution in [2.24, 2.45) is 0 Å². The molecular formula is C52H32N6O. The number of oxazole rings is 1. The second-order valence-corrected chi connectivity index (χ2v) is 14.7. The molecule has 0 saturated carbocycles. The third kappa shape index (κ3) is 5.36. The van der Waals surface area contributed by atoms with Crippen molar-refractivity contribution in [3.05, 3.63) is 194 Å². The largest absolute Gasteiger partial charge is 0.436 e. The van der Waals surface area contributed by atoms with Crippen molar-refractivity contribution < 1.29 is 4.42 Å². The molecular weight excluding hydrogens is 725 g/mol. The van der Waals surface area contributed by atoms with E-state index in [1.807, 2.05) is 78.9 Å². The van der Waals surface area contributed by atoms with Gasteiger partial charge in [-0.05, 0) is 66.7 Å². The van der Waals surface area contributed by atoms with Gasteiger partial charge in [-0.3, -0.25) is 0 Å². The van der Waals surface area contributed by atoms with E-state index in [1.165, 1.54) is 21.5 Å². The van der Waals surface area contributed by atoms with Crippen molar-refractivity contribution in [3.63, 3.8) is 0 Å². The van der Waals surface area contributed by atoms with E-state index in [0.29, 0.717) is 28.9 Å². The van der Waals surface area contributed by atoms with Crippen molar-refractivity contribution in [1.82, 2.24) is 29.1 Å². The van der Waals surface area contributed by atoms with Crippen LogP contribution in [0.4, 0.5) is 0 Å². The minimum absolute atomic E-state index is 0.552. The monoisotopic (exact) mass is 756 g/mol. The van der Waals surface area contributed by atoms with Crippen LogP contribution < -0.4 is 0 Å². The van der Waals surface area contributed by atoms with E-state index in [0.717, 1.165) is 61.2 Å². The lowest BCUT2D eigenvalue weighted by Crippen LogP contribution is -2.01. The van der Waals surface area contributed by atoms with Gasteiger partial charge in [-0.2, -0.15) is 0 Å². The second-order valence-electron chi connectivity index (χ2n) is 14.7. The highest BCUT2D eigenvalue weighted by atomic mass is 16.3. The molecule has 0 bridgehead atoms. The molecule has 4 aromatic heterocycles. The van der Waals surface area contributed by atoms with Crippen LogP contribution in [0.3, 0.4) is 0 Å². The Labute approximate surface area is 338 Å². The molecule has 0 aliphatic carbocycles. The van der Waals surface area contributed by atoms with Crippen LogP contribution in [0.15, 0.2) is 199 Å². The first-order valence-corrected chi connectivity index (χ1v) is 19.6. The Morgan fingerprint density at radius 2 is 0.831 bits per heavy atom. The van der Waals surface area contributed by atoms with Gasteiger partial charge in [-0.1, -0.05) is 127 Å². The molecule has 276 valence electrons. The van der Waals surface area contributed by atoms with Crippen molar-refractivity contribution in [3.8, 4) is 57.0 Å². The minimum atomic E-state index is 0.552. The molecule has 0 amide bonds. The molecule has 7 heteroatoms. The molecule has 12 aromatic rings. The van der Waals surface area contributed by atoms with Gasteiger partial charge >= 0.3 is 0 Å². The summed E-state index contributed by atoms with van der Waals surface area (Å²) in [6.45, 7) is 0. The average molecular weight is 757 g/mol. The van der Waals surface area contributed by atoms with Gasteiger partial charge in [0.05, 0.1) is 22.1 Å². The number of nitrogens with zero attached hydrogens (tertiary/aromatic N) is 6. The summed E-state index contributed by atoms with van der Waals surface area (Å²) in [4.78, 5) is 20.1. The summed E-state index contributed by atoms with van der Waals surface area (Å²) < 4.78 is 11.0. The highest BCUT2D eigenvalue weighted by Gasteiger charge is 2.22. The molecule has 12 rings (SSSR count). The number of aromatic nitrogens is 6. The van der Waals surface area contributed by atoms with Gasteiger partial charge in [-0.25, -0.2) is 19.9 Å². The van der Waals surface area contributed by atoms with Gasteiger partial charge in [0, 0.05) is 55.2 Å².